The quantitative estimate of drug-likeness (QED) is 0.286. The van der Waals surface area contributed by atoms with Crippen LogP contribution in [0.4, 0.5) is 0 Å². The van der Waals surface area contributed by atoms with Gasteiger partial charge in [-0.25, -0.2) is 4.79 Å². The average Bonchev–Trinajstić information content (AvgIpc) is 2.85. The van der Waals surface area contributed by atoms with Gasteiger partial charge in [-0.1, -0.05) is 98.7 Å². The fraction of sp³-hybridized carbons (Fsp3) is 0.655. The van der Waals surface area contributed by atoms with Crippen LogP contribution in [-0.2, 0) is 19.7 Å². The zero-order chi connectivity index (χ0) is 28.7. The number of carbonyl (C=O) groups is 2. The summed E-state index contributed by atoms with van der Waals surface area (Å²) < 4.78 is 5.79. The molecule has 1 amide bonds. The van der Waals surface area contributed by atoms with Crippen molar-refractivity contribution in [2.24, 2.45) is 5.41 Å². The number of nitrogens with zero attached hydrogens (tertiary/aromatic N) is 1. The summed E-state index contributed by atoms with van der Waals surface area (Å²) >= 11 is 0. The Morgan fingerprint density at radius 3 is 1.94 bits per heavy atom. The van der Waals surface area contributed by atoms with Gasteiger partial charge in [-0.15, -0.1) is 0 Å². The van der Waals surface area contributed by atoms with Gasteiger partial charge in [-0.3, -0.25) is 9.69 Å². The molecule has 3 N–H and O–H groups in total. The SMILES string of the molecule is CC.CC.CN[C@H](C(=O)N[C@H](C(OC)N(C)C/C=C(\C)C(=O)O)C(C)(C)C)C(C)(C)c1ccccc1. The first-order chi connectivity index (χ1) is 16.8. The lowest BCUT2D eigenvalue weighted by molar-refractivity contribution is -0.132. The monoisotopic (exact) mass is 507 g/mol. The molecule has 0 heterocycles. The Morgan fingerprint density at radius 1 is 1.06 bits per heavy atom. The number of amides is 1. The molecule has 3 atom stereocenters. The molecule has 1 rings (SSSR count). The smallest absolute Gasteiger partial charge is 0.330 e. The number of benzene rings is 1. The Labute approximate surface area is 220 Å². The summed E-state index contributed by atoms with van der Waals surface area (Å²) in [6.45, 7) is 20.2. The average molecular weight is 508 g/mol. The highest BCUT2D eigenvalue weighted by atomic mass is 16.5. The maximum atomic E-state index is 13.5. The van der Waals surface area contributed by atoms with E-state index in [0.717, 1.165) is 5.56 Å². The summed E-state index contributed by atoms with van der Waals surface area (Å²) in [6, 6.07) is 9.16. The van der Waals surface area contributed by atoms with Crippen molar-refractivity contribution >= 4 is 11.9 Å². The Morgan fingerprint density at radius 2 is 1.56 bits per heavy atom. The maximum absolute atomic E-state index is 13.5. The van der Waals surface area contributed by atoms with Crippen LogP contribution in [0, 0.1) is 5.41 Å². The van der Waals surface area contributed by atoms with E-state index in [1.807, 2.05) is 90.7 Å². The van der Waals surface area contributed by atoms with Crippen LogP contribution in [0.25, 0.3) is 0 Å². The van der Waals surface area contributed by atoms with E-state index in [4.69, 9.17) is 9.84 Å². The molecule has 1 unspecified atom stereocenters. The largest absolute Gasteiger partial charge is 0.478 e. The van der Waals surface area contributed by atoms with Crippen molar-refractivity contribution in [2.45, 2.75) is 93.0 Å². The molecule has 0 aliphatic carbocycles. The Kier molecular flexibility index (Phi) is 17.2. The van der Waals surface area contributed by atoms with Crippen LogP contribution in [-0.4, -0.2) is 67.9 Å². The van der Waals surface area contributed by atoms with Gasteiger partial charge in [0.1, 0.15) is 6.23 Å². The van der Waals surface area contributed by atoms with Crippen LogP contribution in [0.15, 0.2) is 42.0 Å². The third-order valence-corrected chi connectivity index (χ3v) is 6.01. The minimum Gasteiger partial charge on any atom is -0.478 e. The minimum absolute atomic E-state index is 0.117. The summed E-state index contributed by atoms with van der Waals surface area (Å²) in [4.78, 5) is 26.5. The lowest BCUT2D eigenvalue weighted by Gasteiger charge is -2.42. The normalized spacial score (nSPS) is 14.4. The molecular weight excluding hydrogens is 454 g/mol. The molecule has 0 radical (unpaired) electrons. The summed E-state index contributed by atoms with van der Waals surface area (Å²) in [5.74, 6) is -1.07. The fourth-order valence-corrected chi connectivity index (χ4v) is 3.85. The van der Waals surface area contributed by atoms with Gasteiger partial charge in [0.15, 0.2) is 0 Å². The van der Waals surface area contributed by atoms with E-state index < -0.39 is 23.7 Å². The zero-order valence-corrected chi connectivity index (χ0v) is 25.0. The summed E-state index contributed by atoms with van der Waals surface area (Å²) in [5, 5.41) is 15.5. The van der Waals surface area contributed by atoms with Gasteiger partial charge in [0.2, 0.25) is 5.91 Å². The van der Waals surface area contributed by atoms with E-state index in [2.05, 4.69) is 24.5 Å². The highest BCUT2D eigenvalue weighted by molar-refractivity contribution is 5.85. The molecule has 7 nitrogen and oxygen atoms in total. The predicted molar refractivity (Wildman–Crippen MR) is 151 cm³/mol. The van der Waals surface area contributed by atoms with Gasteiger partial charge in [-0.2, -0.15) is 0 Å². The van der Waals surface area contributed by atoms with Gasteiger partial charge in [0.05, 0.1) is 12.1 Å². The van der Waals surface area contributed by atoms with Gasteiger partial charge >= 0.3 is 5.97 Å². The van der Waals surface area contributed by atoms with Crippen LogP contribution in [0.5, 0.6) is 0 Å². The number of carboxylic acid groups (broad SMARTS) is 1. The second kappa shape index (κ2) is 17.3. The van der Waals surface area contributed by atoms with E-state index in [1.54, 1.807) is 27.2 Å². The van der Waals surface area contributed by atoms with Crippen LogP contribution in [0.1, 0.15) is 74.8 Å². The van der Waals surface area contributed by atoms with Crippen LogP contribution < -0.4 is 10.6 Å². The van der Waals surface area contributed by atoms with E-state index in [0.29, 0.717) is 6.54 Å². The number of ether oxygens (including phenoxy) is 1. The van der Waals surface area contributed by atoms with Crippen molar-refractivity contribution in [3.05, 3.63) is 47.5 Å². The number of methoxy groups -OCH3 is 1. The van der Waals surface area contributed by atoms with E-state index >= 15 is 0 Å². The lowest BCUT2D eigenvalue weighted by Crippen LogP contribution is -2.62. The second-order valence-electron chi connectivity index (χ2n) is 9.92. The molecule has 1 aromatic rings. The molecule has 0 saturated carbocycles. The van der Waals surface area contributed by atoms with Crippen molar-refractivity contribution in [3.63, 3.8) is 0 Å². The van der Waals surface area contributed by atoms with Gasteiger partial charge < -0.3 is 20.5 Å². The standard InChI is InChI=1S/C25H41N3O4.2C2H6/c1-17(23(30)31)15-16-28(8)22(32-9)20(24(2,3)4)27-21(29)19(26-7)25(5,6)18-13-11-10-12-14-18;2*1-2/h10-15,19-20,22,26H,16H2,1-9H3,(H,27,29)(H,30,31);2*1-2H3/b17-15+;;/t19-,20-,22?;;/m1../s1. The Hall–Kier alpha value is -2.22. The predicted octanol–water partition coefficient (Wildman–Crippen LogP) is 5.07. The first-order valence-corrected chi connectivity index (χ1v) is 12.9. The first-order valence-electron chi connectivity index (χ1n) is 12.9. The summed E-state index contributed by atoms with van der Waals surface area (Å²) in [6.07, 6.45) is 1.19. The Balaban J connectivity index is 0. The van der Waals surface area contributed by atoms with Crippen molar-refractivity contribution in [1.29, 1.82) is 0 Å². The van der Waals surface area contributed by atoms with E-state index in [9.17, 15) is 9.59 Å². The van der Waals surface area contributed by atoms with Gasteiger partial charge in [0, 0.05) is 24.6 Å². The summed E-state index contributed by atoms with van der Waals surface area (Å²) in [5.41, 5.74) is 0.573. The molecule has 36 heavy (non-hydrogen) atoms. The number of hydrogen-bond acceptors (Lipinski definition) is 5. The molecule has 0 aromatic heterocycles. The maximum Gasteiger partial charge on any atom is 0.330 e. The number of rotatable bonds is 11. The number of carboxylic acids is 1. The molecule has 0 saturated heterocycles. The molecule has 7 heteroatoms. The molecule has 0 aliphatic heterocycles. The highest BCUT2D eigenvalue weighted by Crippen LogP contribution is 2.29. The molecule has 1 aromatic carbocycles. The number of likely N-dealkylation sites (N-methyl/N-ethyl adjacent to an activating group) is 2. The number of nitrogens with one attached hydrogen (secondary N) is 2. The lowest BCUT2D eigenvalue weighted by atomic mass is 9.76. The topological polar surface area (TPSA) is 90.9 Å². The number of aliphatic carboxylic acids is 1. The second-order valence-corrected chi connectivity index (χ2v) is 9.92. The van der Waals surface area contributed by atoms with Crippen molar-refractivity contribution in [2.75, 3.05) is 27.7 Å². The van der Waals surface area contributed by atoms with Crippen molar-refractivity contribution in [3.8, 4) is 0 Å². The molecular formula is C29H53N3O4. The molecule has 0 aliphatic rings. The number of hydrogen-bond donors (Lipinski definition) is 3. The third kappa shape index (κ3) is 10.8. The van der Waals surface area contributed by atoms with Crippen LogP contribution >= 0.6 is 0 Å². The summed E-state index contributed by atoms with van der Waals surface area (Å²) in [7, 11) is 5.25. The molecule has 0 fully saturated rings. The first kappa shape index (κ1) is 35.9. The van der Waals surface area contributed by atoms with E-state index in [-0.39, 0.29) is 22.9 Å². The highest BCUT2D eigenvalue weighted by Gasteiger charge is 2.41. The van der Waals surface area contributed by atoms with Gasteiger partial charge in [-0.05, 0) is 32.0 Å². The van der Waals surface area contributed by atoms with Gasteiger partial charge in [0.25, 0.3) is 0 Å². The zero-order valence-electron chi connectivity index (χ0n) is 25.0. The molecule has 208 valence electrons. The number of carbonyl (C=O) groups excluding carboxylic acids is 1. The third-order valence-electron chi connectivity index (χ3n) is 6.01. The molecule has 0 spiro atoms. The minimum atomic E-state index is -0.951. The fourth-order valence-electron chi connectivity index (χ4n) is 3.85. The molecule has 0 bridgehead atoms. The van der Waals surface area contributed by atoms with Crippen LogP contribution in [0.3, 0.4) is 0 Å². The van der Waals surface area contributed by atoms with Crippen LogP contribution in [0.2, 0.25) is 0 Å². The van der Waals surface area contributed by atoms with Crippen molar-refractivity contribution in [1.82, 2.24) is 15.5 Å². The van der Waals surface area contributed by atoms with E-state index in [1.165, 1.54) is 0 Å². The Bertz CT molecular complexity index is 785. The van der Waals surface area contributed by atoms with Crippen molar-refractivity contribution < 1.29 is 19.4 Å².